The summed E-state index contributed by atoms with van der Waals surface area (Å²) in [6, 6.07) is 0.410. The second-order valence-electron chi connectivity index (χ2n) is 5.47. The summed E-state index contributed by atoms with van der Waals surface area (Å²) in [4.78, 5) is 2.21. The van der Waals surface area contributed by atoms with Crippen LogP contribution >= 0.6 is 0 Å². The molecule has 0 saturated carbocycles. The lowest BCUT2D eigenvalue weighted by Gasteiger charge is -2.29. The third kappa shape index (κ3) is 7.19. The Kier molecular flexibility index (Phi) is 5.65. The van der Waals surface area contributed by atoms with Gasteiger partial charge >= 0.3 is 0 Å². The monoisotopic (exact) mass is 215 g/mol. The fourth-order valence-corrected chi connectivity index (χ4v) is 1.24. The first kappa shape index (κ1) is 14.2. The number of nitrogens with zero attached hydrogens (tertiary/aromatic N) is 2. The van der Waals surface area contributed by atoms with Crippen molar-refractivity contribution in [3.63, 3.8) is 0 Å². The van der Waals surface area contributed by atoms with E-state index in [0.717, 1.165) is 13.0 Å². The molecule has 90 valence electrons. The van der Waals surface area contributed by atoms with Crippen LogP contribution in [0.25, 0.3) is 0 Å². The van der Waals surface area contributed by atoms with Crippen molar-refractivity contribution in [2.75, 3.05) is 13.1 Å². The molecule has 3 N–H and O–H groups in total. The van der Waals surface area contributed by atoms with Crippen LogP contribution in [0.1, 0.15) is 41.0 Å². The molecule has 0 fully saturated rings. The van der Waals surface area contributed by atoms with Gasteiger partial charge in [-0.15, -0.1) is 0 Å². The molecule has 4 nitrogen and oxygen atoms in total. The summed E-state index contributed by atoms with van der Waals surface area (Å²) in [6.07, 6.45) is 1.10. The zero-order valence-corrected chi connectivity index (χ0v) is 10.6. The van der Waals surface area contributed by atoms with E-state index in [4.69, 9.17) is 10.9 Å². The van der Waals surface area contributed by atoms with E-state index >= 15 is 0 Å². The van der Waals surface area contributed by atoms with Crippen LogP contribution in [0.2, 0.25) is 0 Å². The van der Waals surface area contributed by atoms with Gasteiger partial charge in [0.05, 0.1) is 6.54 Å². The second kappa shape index (κ2) is 5.95. The summed E-state index contributed by atoms with van der Waals surface area (Å²) < 4.78 is 0. The number of oxime groups is 1. The van der Waals surface area contributed by atoms with Crippen LogP contribution in [0, 0.1) is 5.41 Å². The normalized spacial score (nSPS) is 13.9. The molecule has 0 bridgehead atoms. The van der Waals surface area contributed by atoms with E-state index in [2.05, 4.69) is 44.7 Å². The molecule has 0 aromatic rings. The maximum Gasteiger partial charge on any atom is 0.153 e. The molecular formula is C11H25N3O. The van der Waals surface area contributed by atoms with Crippen LogP contribution in [0.4, 0.5) is 0 Å². The lowest BCUT2D eigenvalue weighted by molar-refractivity contribution is 0.209. The highest BCUT2D eigenvalue weighted by Gasteiger charge is 2.16. The van der Waals surface area contributed by atoms with E-state index in [1.165, 1.54) is 0 Å². The molecule has 0 aliphatic carbocycles. The zero-order chi connectivity index (χ0) is 12.1. The largest absolute Gasteiger partial charge is 0.409 e. The summed E-state index contributed by atoms with van der Waals surface area (Å²) in [5.74, 6) is 0.276. The molecule has 0 radical (unpaired) electrons. The van der Waals surface area contributed by atoms with Crippen LogP contribution in [-0.4, -0.2) is 35.1 Å². The Morgan fingerprint density at radius 2 is 1.93 bits per heavy atom. The predicted molar refractivity (Wildman–Crippen MR) is 64.2 cm³/mol. The van der Waals surface area contributed by atoms with Crippen molar-refractivity contribution in [2.24, 2.45) is 16.3 Å². The van der Waals surface area contributed by atoms with Crippen LogP contribution in [0.3, 0.4) is 0 Å². The number of hydrogen-bond donors (Lipinski definition) is 2. The molecule has 0 aliphatic heterocycles. The molecule has 0 unspecified atom stereocenters. The third-order valence-corrected chi connectivity index (χ3v) is 2.37. The lowest BCUT2D eigenvalue weighted by Crippen LogP contribution is -2.40. The van der Waals surface area contributed by atoms with Crippen LogP contribution in [-0.2, 0) is 0 Å². The third-order valence-electron chi connectivity index (χ3n) is 2.37. The van der Waals surface area contributed by atoms with Gasteiger partial charge in [0.25, 0.3) is 0 Å². The predicted octanol–water partition coefficient (Wildman–Crippen LogP) is 1.88. The Balaban J connectivity index is 4.18. The fourth-order valence-electron chi connectivity index (χ4n) is 1.24. The summed E-state index contributed by atoms with van der Waals surface area (Å²) in [6.45, 7) is 12.4. The number of rotatable bonds is 5. The molecule has 0 heterocycles. The van der Waals surface area contributed by atoms with Gasteiger partial charge in [0.2, 0.25) is 0 Å². The summed E-state index contributed by atoms with van der Waals surface area (Å²) >= 11 is 0. The molecule has 0 saturated heterocycles. The average Bonchev–Trinajstić information content (AvgIpc) is 2.09. The molecule has 0 rings (SSSR count). The Hall–Kier alpha value is -0.770. The molecule has 0 spiro atoms. The molecule has 0 aromatic carbocycles. The van der Waals surface area contributed by atoms with Gasteiger partial charge in [-0.2, -0.15) is 0 Å². The van der Waals surface area contributed by atoms with Gasteiger partial charge in [0.1, 0.15) is 0 Å². The van der Waals surface area contributed by atoms with Gasteiger partial charge in [-0.25, -0.2) is 0 Å². The van der Waals surface area contributed by atoms with Crippen LogP contribution < -0.4 is 5.73 Å². The molecule has 0 atom stereocenters. The van der Waals surface area contributed by atoms with Gasteiger partial charge in [0.15, 0.2) is 5.84 Å². The maximum atomic E-state index is 8.53. The first-order valence-corrected chi connectivity index (χ1v) is 5.46. The Labute approximate surface area is 93.1 Å². The molecule has 4 heteroatoms. The Morgan fingerprint density at radius 1 is 1.40 bits per heavy atom. The van der Waals surface area contributed by atoms with Crippen molar-refractivity contribution in [1.29, 1.82) is 0 Å². The topological polar surface area (TPSA) is 61.8 Å². The average molecular weight is 215 g/mol. The first-order valence-electron chi connectivity index (χ1n) is 5.46. The summed E-state index contributed by atoms with van der Waals surface area (Å²) in [5.41, 5.74) is 5.83. The van der Waals surface area contributed by atoms with Crippen molar-refractivity contribution < 1.29 is 5.21 Å². The molecule has 0 aromatic heterocycles. The first-order chi connectivity index (χ1) is 6.76. The van der Waals surface area contributed by atoms with E-state index in [1.807, 2.05) is 0 Å². The Morgan fingerprint density at radius 3 is 2.27 bits per heavy atom. The fraction of sp³-hybridized carbons (Fsp3) is 0.909. The highest BCUT2D eigenvalue weighted by atomic mass is 16.4. The van der Waals surface area contributed by atoms with Crippen molar-refractivity contribution in [3.8, 4) is 0 Å². The van der Waals surface area contributed by atoms with Crippen molar-refractivity contribution in [2.45, 2.75) is 47.1 Å². The van der Waals surface area contributed by atoms with Crippen LogP contribution in [0.15, 0.2) is 5.16 Å². The minimum atomic E-state index is 0.276. The number of amidine groups is 1. The van der Waals surface area contributed by atoms with Gasteiger partial charge in [0, 0.05) is 6.04 Å². The lowest BCUT2D eigenvalue weighted by atomic mass is 9.92. The molecule has 0 aliphatic rings. The molecule has 0 amide bonds. The van der Waals surface area contributed by atoms with Gasteiger partial charge < -0.3 is 10.9 Å². The maximum absolute atomic E-state index is 8.53. The van der Waals surface area contributed by atoms with Gasteiger partial charge in [-0.05, 0) is 32.2 Å². The van der Waals surface area contributed by atoms with Crippen molar-refractivity contribution in [3.05, 3.63) is 0 Å². The summed E-state index contributed by atoms with van der Waals surface area (Å²) in [7, 11) is 0. The van der Waals surface area contributed by atoms with E-state index in [0.29, 0.717) is 18.0 Å². The van der Waals surface area contributed by atoms with E-state index in [1.54, 1.807) is 0 Å². The van der Waals surface area contributed by atoms with E-state index in [-0.39, 0.29) is 5.84 Å². The summed E-state index contributed by atoms with van der Waals surface area (Å²) in [5, 5.41) is 11.5. The second-order valence-corrected chi connectivity index (χ2v) is 5.47. The highest BCUT2D eigenvalue weighted by Crippen LogP contribution is 2.19. The SMILES string of the molecule is CC(C)N(CCC(C)(C)C)CC(N)=NO. The van der Waals surface area contributed by atoms with Crippen LogP contribution in [0.5, 0.6) is 0 Å². The number of nitrogens with two attached hydrogens (primary N) is 1. The van der Waals surface area contributed by atoms with Gasteiger partial charge in [-0.3, -0.25) is 4.90 Å². The zero-order valence-electron chi connectivity index (χ0n) is 10.6. The smallest absolute Gasteiger partial charge is 0.153 e. The number of hydrogen-bond acceptors (Lipinski definition) is 3. The molecule has 15 heavy (non-hydrogen) atoms. The quantitative estimate of drug-likeness (QED) is 0.318. The van der Waals surface area contributed by atoms with E-state index in [9.17, 15) is 0 Å². The van der Waals surface area contributed by atoms with Gasteiger partial charge in [-0.1, -0.05) is 25.9 Å². The standard InChI is InChI=1S/C11H25N3O/c1-9(2)14(8-10(12)13-15)7-6-11(3,4)5/h9,15H,6-8H2,1-5H3,(H2,12,13). The molecular weight excluding hydrogens is 190 g/mol. The van der Waals surface area contributed by atoms with Crippen molar-refractivity contribution >= 4 is 5.84 Å². The minimum absolute atomic E-state index is 0.276. The minimum Gasteiger partial charge on any atom is -0.409 e. The highest BCUT2D eigenvalue weighted by molar-refractivity contribution is 5.81. The Bertz CT molecular complexity index is 206. The van der Waals surface area contributed by atoms with Crippen molar-refractivity contribution in [1.82, 2.24) is 4.90 Å². The van der Waals surface area contributed by atoms with E-state index < -0.39 is 0 Å².